The van der Waals surface area contributed by atoms with Crippen molar-refractivity contribution >= 4 is 29.1 Å². The van der Waals surface area contributed by atoms with Crippen molar-refractivity contribution in [2.75, 3.05) is 20.2 Å². The highest BCUT2D eigenvalue weighted by molar-refractivity contribution is 6.33. The van der Waals surface area contributed by atoms with Crippen LogP contribution >= 0.6 is 11.6 Å². The molecular formula is C30H27ClFNO4. The third-order valence-electron chi connectivity index (χ3n) is 7.65. The number of amides is 1. The van der Waals surface area contributed by atoms with Crippen molar-refractivity contribution in [1.29, 1.82) is 0 Å². The molecule has 2 aliphatic rings. The molecule has 1 amide bonds. The third-order valence-corrected chi connectivity index (χ3v) is 7.96. The predicted molar refractivity (Wildman–Crippen MR) is 139 cm³/mol. The van der Waals surface area contributed by atoms with Crippen molar-refractivity contribution in [3.05, 3.63) is 88.7 Å². The average molecular weight is 520 g/mol. The normalized spacial score (nSPS) is 17.8. The average Bonchev–Trinajstić information content (AvgIpc) is 2.90. The Morgan fingerprint density at radius 1 is 0.946 bits per heavy atom. The van der Waals surface area contributed by atoms with Crippen molar-refractivity contribution in [1.82, 2.24) is 4.90 Å². The Morgan fingerprint density at radius 2 is 1.57 bits per heavy atom. The molecule has 0 aromatic heterocycles. The van der Waals surface area contributed by atoms with Gasteiger partial charge in [-0.25, -0.2) is 4.39 Å². The van der Waals surface area contributed by atoms with Crippen molar-refractivity contribution in [3.63, 3.8) is 0 Å². The minimum atomic E-state index is -0.987. The number of Topliss-reactive ketones (excluding diaryl/α,β-unsaturated/α-hetero) is 2. The van der Waals surface area contributed by atoms with E-state index in [-0.39, 0.29) is 41.2 Å². The maximum atomic E-state index is 13.5. The van der Waals surface area contributed by atoms with Gasteiger partial charge >= 0.3 is 0 Å². The maximum absolute atomic E-state index is 13.5. The monoisotopic (exact) mass is 519 g/mol. The van der Waals surface area contributed by atoms with Crippen molar-refractivity contribution in [2.45, 2.75) is 31.6 Å². The van der Waals surface area contributed by atoms with Crippen LogP contribution in [0.3, 0.4) is 0 Å². The topological polar surface area (TPSA) is 63.7 Å². The van der Waals surface area contributed by atoms with Gasteiger partial charge in [0.2, 0.25) is 0 Å². The lowest BCUT2D eigenvalue weighted by Gasteiger charge is -2.44. The van der Waals surface area contributed by atoms with E-state index in [1.165, 1.54) is 19.2 Å². The standard InChI is InChI=1S/C30H27ClFNO4/c1-37-26-16-21(19-7-9-22(32)10-8-19)15-23(31)27(26)28-24(34)17-30(18-25(28)35)11-13-33(14-12-30)29(36)20-5-3-2-4-6-20/h2-10,15-16,28H,11-14,17-18H2,1H3. The first-order chi connectivity index (χ1) is 17.8. The molecule has 1 aliphatic carbocycles. The van der Waals surface area contributed by atoms with E-state index in [2.05, 4.69) is 0 Å². The number of hydrogen-bond donors (Lipinski definition) is 0. The molecular weight excluding hydrogens is 493 g/mol. The molecule has 0 bridgehead atoms. The summed E-state index contributed by atoms with van der Waals surface area (Å²) in [5.74, 6) is -1.35. The summed E-state index contributed by atoms with van der Waals surface area (Å²) < 4.78 is 18.9. The molecule has 0 unspecified atom stereocenters. The zero-order valence-electron chi connectivity index (χ0n) is 20.5. The van der Waals surface area contributed by atoms with Crippen LogP contribution in [0.4, 0.5) is 4.39 Å². The minimum Gasteiger partial charge on any atom is -0.496 e. The van der Waals surface area contributed by atoms with E-state index in [0.29, 0.717) is 48.4 Å². The molecule has 37 heavy (non-hydrogen) atoms. The van der Waals surface area contributed by atoms with Crippen molar-refractivity contribution in [2.24, 2.45) is 5.41 Å². The van der Waals surface area contributed by atoms with Gasteiger partial charge in [-0.2, -0.15) is 0 Å². The largest absolute Gasteiger partial charge is 0.496 e. The van der Waals surface area contributed by atoms with Crippen LogP contribution in [0.5, 0.6) is 5.75 Å². The van der Waals surface area contributed by atoms with Crippen LogP contribution in [-0.4, -0.2) is 42.6 Å². The molecule has 1 heterocycles. The molecule has 1 saturated heterocycles. The third kappa shape index (κ3) is 4.90. The Kier molecular flexibility index (Phi) is 6.86. The van der Waals surface area contributed by atoms with Gasteiger partial charge in [-0.1, -0.05) is 41.9 Å². The van der Waals surface area contributed by atoms with Crippen LogP contribution in [0.1, 0.15) is 47.5 Å². The van der Waals surface area contributed by atoms with E-state index in [1.54, 1.807) is 41.3 Å². The highest BCUT2D eigenvalue weighted by Gasteiger charge is 2.48. The van der Waals surface area contributed by atoms with E-state index >= 15 is 0 Å². The first-order valence-corrected chi connectivity index (χ1v) is 12.7. The minimum absolute atomic E-state index is 0.0282. The van der Waals surface area contributed by atoms with Gasteiger partial charge in [-0.05, 0) is 65.8 Å². The van der Waals surface area contributed by atoms with E-state index in [0.717, 1.165) is 5.56 Å². The summed E-state index contributed by atoms with van der Waals surface area (Å²) in [7, 11) is 1.47. The number of hydrogen-bond acceptors (Lipinski definition) is 4. The van der Waals surface area contributed by atoms with Gasteiger partial charge in [0.15, 0.2) is 0 Å². The number of piperidine rings is 1. The Morgan fingerprint density at radius 3 is 2.16 bits per heavy atom. The molecule has 5 rings (SSSR count). The van der Waals surface area contributed by atoms with E-state index in [4.69, 9.17) is 16.3 Å². The highest BCUT2D eigenvalue weighted by atomic mass is 35.5. The summed E-state index contributed by atoms with van der Waals surface area (Å²) in [4.78, 5) is 41.6. The van der Waals surface area contributed by atoms with Crippen LogP contribution in [0.2, 0.25) is 5.02 Å². The second kappa shape index (κ2) is 10.1. The van der Waals surface area contributed by atoms with E-state index < -0.39 is 11.3 Å². The van der Waals surface area contributed by atoms with Gasteiger partial charge in [0, 0.05) is 42.1 Å². The van der Waals surface area contributed by atoms with E-state index in [9.17, 15) is 18.8 Å². The maximum Gasteiger partial charge on any atom is 0.253 e. The first-order valence-electron chi connectivity index (χ1n) is 12.3. The van der Waals surface area contributed by atoms with Crippen molar-refractivity contribution in [3.8, 4) is 16.9 Å². The fourth-order valence-corrected chi connectivity index (χ4v) is 5.98. The zero-order chi connectivity index (χ0) is 26.2. The fourth-order valence-electron chi connectivity index (χ4n) is 5.66. The van der Waals surface area contributed by atoms with Gasteiger partial charge in [-0.3, -0.25) is 14.4 Å². The highest BCUT2D eigenvalue weighted by Crippen LogP contribution is 2.49. The number of rotatable bonds is 4. The summed E-state index contributed by atoms with van der Waals surface area (Å²) in [6.07, 6.45) is 1.72. The lowest BCUT2D eigenvalue weighted by molar-refractivity contribution is -0.138. The fraction of sp³-hybridized carbons (Fsp3) is 0.300. The first kappa shape index (κ1) is 25.2. The van der Waals surface area contributed by atoms with Gasteiger partial charge in [0.1, 0.15) is 29.1 Å². The summed E-state index contributed by atoms with van der Waals surface area (Å²) in [5, 5.41) is 0.268. The number of carbonyl (C=O) groups is 3. The molecule has 7 heteroatoms. The van der Waals surface area contributed by atoms with Crippen LogP contribution in [0.25, 0.3) is 11.1 Å². The lowest BCUT2D eigenvalue weighted by Crippen LogP contribution is -2.48. The number of methoxy groups -OCH3 is 1. The number of ether oxygens (including phenoxy) is 1. The molecule has 3 aromatic carbocycles. The summed E-state index contributed by atoms with van der Waals surface area (Å²) in [6.45, 7) is 1.02. The van der Waals surface area contributed by atoms with Crippen LogP contribution in [0.15, 0.2) is 66.7 Å². The SMILES string of the molecule is COc1cc(-c2ccc(F)cc2)cc(Cl)c1C1C(=O)CC2(CCN(C(=O)c3ccccc3)CC2)CC1=O. The molecule has 0 N–H and O–H groups in total. The van der Waals surface area contributed by atoms with Crippen LogP contribution in [0, 0.1) is 11.2 Å². The summed E-state index contributed by atoms with van der Waals surface area (Å²) in [5.41, 5.74) is 2.03. The number of ketones is 2. The molecule has 2 fully saturated rings. The Hall–Kier alpha value is -3.51. The second-order valence-corrected chi connectivity index (χ2v) is 10.4. The Balaban J connectivity index is 1.35. The molecule has 3 aromatic rings. The number of benzene rings is 3. The predicted octanol–water partition coefficient (Wildman–Crippen LogP) is 6.09. The zero-order valence-corrected chi connectivity index (χ0v) is 21.3. The summed E-state index contributed by atoms with van der Waals surface area (Å²) >= 11 is 6.65. The van der Waals surface area contributed by atoms with Gasteiger partial charge in [-0.15, -0.1) is 0 Å². The van der Waals surface area contributed by atoms with Crippen LogP contribution in [-0.2, 0) is 9.59 Å². The Labute approximate surface area is 220 Å². The quantitative estimate of drug-likeness (QED) is 0.391. The van der Waals surface area contributed by atoms with Gasteiger partial charge in [0.25, 0.3) is 5.91 Å². The van der Waals surface area contributed by atoms with Crippen LogP contribution < -0.4 is 4.74 Å². The van der Waals surface area contributed by atoms with Crippen molar-refractivity contribution < 1.29 is 23.5 Å². The molecule has 1 spiro atoms. The number of carbonyl (C=O) groups excluding carboxylic acids is 3. The van der Waals surface area contributed by atoms with Gasteiger partial charge < -0.3 is 9.64 Å². The molecule has 1 saturated carbocycles. The Bertz CT molecular complexity index is 1330. The molecule has 190 valence electrons. The molecule has 1 aliphatic heterocycles. The number of halogens is 2. The lowest BCUT2D eigenvalue weighted by atomic mass is 9.63. The number of nitrogens with zero attached hydrogens (tertiary/aromatic N) is 1. The smallest absolute Gasteiger partial charge is 0.253 e. The number of likely N-dealkylation sites (tertiary alicyclic amines) is 1. The summed E-state index contributed by atoms with van der Waals surface area (Å²) in [6, 6.07) is 18.5. The molecule has 0 atom stereocenters. The second-order valence-electron chi connectivity index (χ2n) is 9.96. The molecule has 5 nitrogen and oxygen atoms in total. The molecule has 0 radical (unpaired) electrons. The van der Waals surface area contributed by atoms with Gasteiger partial charge in [0.05, 0.1) is 7.11 Å². The van der Waals surface area contributed by atoms with E-state index in [1.807, 2.05) is 18.2 Å².